The molecule has 3 rings (SSSR count). The molecule has 0 aliphatic rings. The zero-order valence-corrected chi connectivity index (χ0v) is 16.8. The van der Waals surface area contributed by atoms with E-state index in [-0.39, 0.29) is 19.0 Å². The van der Waals surface area contributed by atoms with Crippen LogP contribution in [-0.4, -0.2) is 20.2 Å². The Bertz CT molecular complexity index is 1070. The Morgan fingerprint density at radius 1 is 0.966 bits per heavy atom. The van der Waals surface area contributed by atoms with Gasteiger partial charge in [-0.05, 0) is 42.2 Å². The number of esters is 1. The van der Waals surface area contributed by atoms with Gasteiger partial charge in [0.15, 0.2) is 11.5 Å². The number of hydrogen-bond acceptors (Lipinski definition) is 6. The van der Waals surface area contributed by atoms with Gasteiger partial charge in [-0.25, -0.2) is 4.79 Å². The third kappa shape index (κ3) is 4.96. The van der Waals surface area contributed by atoms with Crippen molar-refractivity contribution in [3.63, 3.8) is 0 Å². The van der Waals surface area contributed by atoms with Crippen LogP contribution in [0.25, 0.3) is 11.0 Å². The summed E-state index contributed by atoms with van der Waals surface area (Å²) in [7, 11) is 3.14. The van der Waals surface area contributed by atoms with E-state index in [2.05, 4.69) is 0 Å². The minimum atomic E-state index is -0.456. The lowest BCUT2D eigenvalue weighted by Crippen LogP contribution is -2.08. The lowest BCUT2D eigenvalue weighted by molar-refractivity contribution is -0.144. The van der Waals surface area contributed by atoms with Gasteiger partial charge in [-0.1, -0.05) is 25.1 Å². The summed E-state index contributed by atoms with van der Waals surface area (Å²) in [6.45, 7) is 2.06. The van der Waals surface area contributed by atoms with E-state index in [1.54, 1.807) is 20.3 Å². The van der Waals surface area contributed by atoms with Crippen LogP contribution in [0, 0.1) is 0 Å². The molecular weight excluding hydrogens is 372 g/mol. The fourth-order valence-corrected chi connectivity index (χ4v) is 3.13. The van der Waals surface area contributed by atoms with E-state index in [4.69, 9.17) is 18.6 Å². The van der Waals surface area contributed by atoms with Crippen LogP contribution >= 0.6 is 0 Å². The molecule has 0 amide bonds. The Balaban J connectivity index is 1.64. The minimum absolute atomic E-state index is 0.0261. The number of ether oxygens (including phenoxy) is 3. The topological polar surface area (TPSA) is 75.0 Å². The van der Waals surface area contributed by atoms with Gasteiger partial charge in [0.05, 0.1) is 14.2 Å². The van der Waals surface area contributed by atoms with Gasteiger partial charge < -0.3 is 18.6 Å². The first-order valence-electron chi connectivity index (χ1n) is 9.46. The van der Waals surface area contributed by atoms with Crippen LogP contribution in [0.3, 0.4) is 0 Å². The van der Waals surface area contributed by atoms with Gasteiger partial charge >= 0.3 is 11.6 Å². The predicted octanol–water partition coefficient (Wildman–Crippen LogP) is 4.05. The molecule has 0 N–H and O–H groups in total. The summed E-state index contributed by atoms with van der Waals surface area (Å²) < 4.78 is 21.2. The summed E-state index contributed by atoms with van der Waals surface area (Å²) in [5.74, 6) is 0.915. The van der Waals surface area contributed by atoms with Crippen molar-refractivity contribution >= 4 is 16.9 Å². The molecule has 3 aromatic rings. The van der Waals surface area contributed by atoms with E-state index >= 15 is 0 Å². The second-order valence-corrected chi connectivity index (χ2v) is 6.62. The fourth-order valence-electron chi connectivity index (χ4n) is 3.13. The van der Waals surface area contributed by atoms with E-state index in [0.29, 0.717) is 29.1 Å². The maximum Gasteiger partial charge on any atom is 0.336 e. The maximum absolute atomic E-state index is 12.2. The molecule has 0 aliphatic carbocycles. The molecule has 0 aliphatic heterocycles. The summed E-state index contributed by atoms with van der Waals surface area (Å²) in [5.41, 5.74) is 2.70. The predicted molar refractivity (Wildman–Crippen MR) is 110 cm³/mol. The molecule has 0 unspecified atom stereocenters. The highest BCUT2D eigenvalue weighted by molar-refractivity contribution is 5.81. The third-order valence-corrected chi connectivity index (χ3v) is 4.76. The number of carbonyl (C=O) groups excluding carboxylic acids is 1. The Morgan fingerprint density at radius 2 is 1.72 bits per heavy atom. The first kappa shape index (κ1) is 20.5. The van der Waals surface area contributed by atoms with Gasteiger partial charge in [0, 0.05) is 23.4 Å². The van der Waals surface area contributed by atoms with Gasteiger partial charge in [0.2, 0.25) is 0 Å². The van der Waals surface area contributed by atoms with Crippen molar-refractivity contribution in [2.75, 3.05) is 14.2 Å². The molecule has 29 heavy (non-hydrogen) atoms. The standard InChI is InChI=1S/C23H24O6/c1-4-15-5-8-18-17(13-23(25)29-20(18)11-15)14-28-22(24)10-7-16-6-9-19(26-2)21(12-16)27-3/h5-6,8-9,11-13H,4,7,10,14H2,1-3H3. The highest BCUT2D eigenvalue weighted by Crippen LogP contribution is 2.28. The first-order valence-corrected chi connectivity index (χ1v) is 9.46. The van der Waals surface area contributed by atoms with Crippen LogP contribution in [0.1, 0.15) is 30.0 Å². The van der Waals surface area contributed by atoms with E-state index < -0.39 is 5.63 Å². The average Bonchev–Trinajstić information content (AvgIpc) is 2.74. The first-order chi connectivity index (χ1) is 14.0. The summed E-state index contributed by atoms with van der Waals surface area (Å²) in [4.78, 5) is 24.1. The lowest BCUT2D eigenvalue weighted by atomic mass is 10.1. The zero-order chi connectivity index (χ0) is 20.8. The highest BCUT2D eigenvalue weighted by Gasteiger charge is 2.11. The van der Waals surface area contributed by atoms with Crippen molar-refractivity contribution in [2.24, 2.45) is 0 Å². The molecule has 0 saturated heterocycles. The highest BCUT2D eigenvalue weighted by atomic mass is 16.5. The van der Waals surface area contributed by atoms with Crippen LogP contribution < -0.4 is 15.1 Å². The molecule has 0 fully saturated rings. The van der Waals surface area contributed by atoms with E-state index in [1.807, 2.05) is 37.3 Å². The zero-order valence-electron chi connectivity index (χ0n) is 16.8. The number of rotatable bonds is 8. The summed E-state index contributed by atoms with van der Waals surface area (Å²) >= 11 is 0. The van der Waals surface area contributed by atoms with Crippen molar-refractivity contribution < 1.29 is 23.4 Å². The van der Waals surface area contributed by atoms with Crippen molar-refractivity contribution in [1.82, 2.24) is 0 Å². The monoisotopic (exact) mass is 396 g/mol. The number of hydrogen-bond donors (Lipinski definition) is 0. The molecule has 0 spiro atoms. The number of methoxy groups -OCH3 is 2. The Hall–Kier alpha value is -3.28. The Labute approximate surface area is 169 Å². The van der Waals surface area contributed by atoms with Crippen LogP contribution in [0.5, 0.6) is 11.5 Å². The molecule has 2 aromatic carbocycles. The Morgan fingerprint density at radius 3 is 2.45 bits per heavy atom. The van der Waals surface area contributed by atoms with E-state index in [0.717, 1.165) is 22.9 Å². The quantitative estimate of drug-likeness (QED) is 0.422. The fraction of sp³-hybridized carbons (Fsp3) is 0.304. The van der Waals surface area contributed by atoms with Crippen molar-refractivity contribution in [3.8, 4) is 11.5 Å². The molecule has 0 saturated carbocycles. The second kappa shape index (κ2) is 9.28. The van der Waals surface area contributed by atoms with Crippen LogP contribution in [-0.2, 0) is 29.0 Å². The number of aryl methyl sites for hydroxylation is 2. The maximum atomic E-state index is 12.2. The van der Waals surface area contributed by atoms with Crippen molar-refractivity contribution in [3.05, 3.63) is 69.6 Å². The van der Waals surface area contributed by atoms with Gasteiger partial charge in [-0.15, -0.1) is 0 Å². The summed E-state index contributed by atoms with van der Waals surface area (Å²) in [6.07, 6.45) is 1.57. The van der Waals surface area contributed by atoms with E-state index in [9.17, 15) is 9.59 Å². The average molecular weight is 396 g/mol. The van der Waals surface area contributed by atoms with Crippen molar-refractivity contribution in [1.29, 1.82) is 0 Å². The minimum Gasteiger partial charge on any atom is -0.493 e. The summed E-state index contributed by atoms with van der Waals surface area (Å²) in [6, 6.07) is 12.6. The molecule has 0 radical (unpaired) electrons. The van der Waals surface area contributed by atoms with Gasteiger partial charge in [0.1, 0.15) is 12.2 Å². The normalized spacial score (nSPS) is 10.7. The van der Waals surface area contributed by atoms with Crippen LogP contribution in [0.2, 0.25) is 0 Å². The Kier molecular flexibility index (Phi) is 6.54. The van der Waals surface area contributed by atoms with Gasteiger partial charge in [-0.2, -0.15) is 0 Å². The number of benzene rings is 2. The number of carbonyl (C=O) groups is 1. The molecule has 152 valence electrons. The molecule has 0 atom stereocenters. The molecule has 0 bridgehead atoms. The van der Waals surface area contributed by atoms with E-state index in [1.165, 1.54) is 6.07 Å². The lowest BCUT2D eigenvalue weighted by Gasteiger charge is -2.10. The third-order valence-electron chi connectivity index (χ3n) is 4.76. The molecule has 6 nitrogen and oxygen atoms in total. The van der Waals surface area contributed by atoms with Gasteiger partial charge in [0.25, 0.3) is 0 Å². The van der Waals surface area contributed by atoms with Crippen LogP contribution in [0.4, 0.5) is 0 Å². The van der Waals surface area contributed by atoms with Gasteiger partial charge in [-0.3, -0.25) is 4.79 Å². The largest absolute Gasteiger partial charge is 0.493 e. The van der Waals surface area contributed by atoms with Crippen LogP contribution in [0.15, 0.2) is 51.7 Å². The SMILES string of the molecule is CCc1ccc2c(COC(=O)CCc3ccc(OC)c(OC)c3)cc(=O)oc2c1. The number of fused-ring (bicyclic) bond motifs is 1. The smallest absolute Gasteiger partial charge is 0.336 e. The molecule has 6 heteroatoms. The molecule has 1 heterocycles. The molecular formula is C23H24O6. The summed E-state index contributed by atoms with van der Waals surface area (Å²) in [5, 5.41) is 0.773. The van der Waals surface area contributed by atoms with Crippen molar-refractivity contribution in [2.45, 2.75) is 32.8 Å². The second-order valence-electron chi connectivity index (χ2n) is 6.62. The molecule has 1 aromatic heterocycles.